The minimum atomic E-state index is 0.669. The summed E-state index contributed by atoms with van der Waals surface area (Å²) in [5.74, 6) is 1.65. The van der Waals surface area contributed by atoms with E-state index in [0.29, 0.717) is 13.1 Å². The van der Waals surface area contributed by atoms with Gasteiger partial charge >= 0.3 is 0 Å². The van der Waals surface area contributed by atoms with Gasteiger partial charge in [0.25, 0.3) is 0 Å². The monoisotopic (exact) mass is 295 g/mol. The summed E-state index contributed by atoms with van der Waals surface area (Å²) >= 11 is 3.30. The van der Waals surface area contributed by atoms with E-state index in [1.165, 1.54) is 0 Å². The van der Waals surface area contributed by atoms with Crippen LogP contribution in [0.4, 0.5) is 0 Å². The van der Waals surface area contributed by atoms with Gasteiger partial charge in [-0.3, -0.25) is 0 Å². The molecule has 1 N–H and O–H groups in total. The van der Waals surface area contributed by atoms with Gasteiger partial charge in [-0.1, -0.05) is 34.6 Å². The molecule has 4 heteroatoms. The first kappa shape index (κ1) is 12.2. The zero-order valence-electron chi connectivity index (χ0n) is 9.63. The number of hydrogen-bond acceptors (Lipinski definition) is 3. The van der Waals surface area contributed by atoms with Gasteiger partial charge in [0.15, 0.2) is 11.3 Å². The fourth-order valence-electron chi connectivity index (χ4n) is 1.66. The molecule has 0 fully saturated rings. The van der Waals surface area contributed by atoms with Crippen molar-refractivity contribution in [2.75, 3.05) is 13.7 Å². The van der Waals surface area contributed by atoms with Crippen LogP contribution >= 0.6 is 15.9 Å². The van der Waals surface area contributed by atoms with Crippen LogP contribution in [0.25, 0.3) is 11.0 Å². The minimum absolute atomic E-state index is 0.669. The topological polar surface area (TPSA) is 34.4 Å². The van der Waals surface area contributed by atoms with Gasteiger partial charge in [-0.15, -0.1) is 0 Å². The van der Waals surface area contributed by atoms with E-state index in [1.807, 2.05) is 24.3 Å². The standard InChI is InChI=1S/C13H14BrNO2/c1-9(14)7-15-8-11-6-10-4-3-5-12(16-2)13(10)17-11/h3-6,15H,1,7-8H2,2H3. The highest BCUT2D eigenvalue weighted by atomic mass is 79.9. The number of rotatable bonds is 5. The SMILES string of the molecule is C=C(Br)CNCc1cc2cccc(OC)c2o1. The second-order valence-electron chi connectivity index (χ2n) is 3.71. The van der Waals surface area contributed by atoms with Crippen LogP contribution in [0.1, 0.15) is 5.76 Å². The van der Waals surface area contributed by atoms with Gasteiger partial charge in [0.05, 0.1) is 13.7 Å². The molecule has 2 rings (SSSR count). The first-order valence-corrected chi connectivity index (χ1v) is 6.09. The number of para-hydroxylation sites is 1. The van der Waals surface area contributed by atoms with E-state index in [0.717, 1.165) is 27.0 Å². The average Bonchev–Trinajstić information content (AvgIpc) is 2.70. The fourth-order valence-corrected chi connectivity index (χ4v) is 1.86. The molecule has 2 aromatic rings. The first-order chi connectivity index (χ1) is 8.20. The number of nitrogens with one attached hydrogen (secondary N) is 1. The Hall–Kier alpha value is -1.26. The average molecular weight is 296 g/mol. The molecule has 0 amide bonds. The summed E-state index contributed by atoms with van der Waals surface area (Å²) in [5, 5.41) is 4.27. The van der Waals surface area contributed by atoms with Crippen molar-refractivity contribution in [2.24, 2.45) is 0 Å². The van der Waals surface area contributed by atoms with Crippen LogP contribution in [-0.4, -0.2) is 13.7 Å². The van der Waals surface area contributed by atoms with Crippen molar-refractivity contribution in [1.29, 1.82) is 0 Å². The largest absolute Gasteiger partial charge is 0.493 e. The molecule has 0 aliphatic carbocycles. The molecule has 1 heterocycles. The van der Waals surface area contributed by atoms with Crippen LogP contribution in [0.5, 0.6) is 5.75 Å². The van der Waals surface area contributed by atoms with Gasteiger partial charge in [-0.25, -0.2) is 0 Å². The fraction of sp³-hybridized carbons (Fsp3) is 0.231. The summed E-state index contributed by atoms with van der Waals surface area (Å²) in [5.41, 5.74) is 0.796. The summed E-state index contributed by atoms with van der Waals surface area (Å²) < 4.78 is 11.9. The molecule has 0 saturated carbocycles. The third kappa shape index (κ3) is 2.90. The number of methoxy groups -OCH3 is 1. The summed E-state index contributed by atoms with van der Waals surface area (Å²) in [4.78, 5) is 0. The first-order valence-electron chi connectivity index (χ1n) is 5.30. The van der Waals surface area contributed by atoms with Gasteiger partial charge < -0.3 is 14.5 Å². The van der Waals surface area contributed by atoms with Crippen molar-refractivity contribution in [2.45, 2.75) is 6.54 Å². The number of furan rings is 1. The zero-order valence-corrected chi connectivity index (χ0v) is 11.2. The number of benzene rings is 1. The second kappa shape index (κ2) is 5.38. The van der Waals surface area contributed by atoms with Crippen LogP contribution in [-0.2, 0) is 6.54 Å². The summed E-state index contributed by atoms with van der Waals surface area (Å²) in [6, 6.07) is 7.87. The third-order valence-electron chi connectivity index (χ3n) is 2.39. The van der Waals surface area contributed by atoms with E-state index in [1.54, 1.807) is 7.11 Å². The number of halogens is 1. The van der Waals surface area contributed by atoms with Crippen molar-refractivity contribution in [3.05, 3.63) is 41.1 Å². The molecule has 17 heavy (non-hydrogen) atoms. The lowest BCUT2D eigenvalue weighted by Crippen LogP contribution is -2.13. The molecule has 0 aliphatic rings. The Morgan fingerprint density at radius 1 is 1.53 bits per heavy atom. The second-order valence-corrected chi connectivity index (χ2v) is 4.83. The molecule has 0 spiro atoms. The minimum Gasteiger partial charge on any atom is -0.493 e. The van der Waals surface area contributed by atoms with Crippen molar-refractivity contribution >= 4 is 26.9 Å². The maximum Gasteiger partial charge on any atom is 0.176 e. The smallest absolute Gasteiger partial charge is 0.176 e. The lowest BCUT2D eigenvalue weighted by molar-refractivity contribution is 0.406. The highest BCUT2D eigenvalue weighted by Gasteiger charge is 2.07. The van der Waals surface area contributed by atoms with Crippen molar-refractivity contribution in [3.8, 4) is 5.75 Å². The van der Waals surface area contributed by atoms with Gasteiger partial charge in [0, 0.05) is 16.4 Å². The summed E-state index contributed by atoms with van der Waals surface area (Å²) in [6.45, 7) is 5.15. The van der Waals surface area contributed by atoms with Crippen LogP contribution < -0.4 is 10.1 Å². The molecule has 0 bridgehead atoms. The quantitative estimate of drug-likeness (QED) is 0.917. The highest BCUT2D eigenvalue weighted by molar-refractivity contribution is 9.11. The van der Waals surface area contributed by atoms with E-state index in [9.17, 15) is 0 Å². The van der Waals surface area contributed by atoms with E-state index in [4.69, 9.17) is 9.15 Å². The Kier molecular flexibility index (Phi) is 3.86. The maximum absolute atomic E-state index is 5.74. The molecule has 0 radical (unpaired) electrons. The molecule has 0 unspecified atom stereocenters. The lowest BCUT2D eigenvalue weighted by Gasteiger charge is -2.00. The Morgan fingerprint density at radius 2 is 2.35 bits per heavy atom. The molecule has 0 saturated heterocycles. The Morgan fingerprint density at radius 3 is 3.06 bits per heavy atom. The third-order valence-corrected chi connectivity index (χ3v) is 2.68. The lowest BCUT2D eigenvalue weighted by atomic mass is 10.2. The molecule has 1 aromatic carbocycles. The summed E-state index contributed by atoms with van der Waals surface area (Å²) in [6.07, 6.45) is 0. The van der Waals surface area contributed by atoms with E-state index in [2.05, 4.69) is 27.8 Å². The van der Waals surface area contributed by atoms with Crippen LogP contribution in [0.15, 0.2) is 39.7 Å². The summed E-state index contributed by atoms with van der Waals surface area (Å²) in [7, 11) is 1.64. The zero-order chi connectivity index (χ0) is 12.3. The van der Waals surface area contributed by atoms with Crippen molar-refractivity contribution in [3.63, 3.8) is 0 Å². The number of ether oxygens (including phenoxy) is 1. The van der Waals surface area contributed by atoms with Crippen LogP contribution in [0.2, 0.25) is 0 Å². The molecule has 0 atom stereocenters. The number of fused-ring (bicyclic) bond motifs is 1. The predicted octanol–water partition coefficient (Wildman–Crippen LogP) is 3.44. The van der Waals surface area contributed by atoms with E-state index in [-0.39, 0.29) is 0 Å². The number of hydrogen-bond donors (Lipinski definition) is 1. The maximum atomic E-state index is 5.74. The highest BCUT2D eigenvalue weighted by Crippen LogP contribution is 2.28. The molecule has 90 valence electrons. The van der Waals surface area contributed by atoms with Gasteiger partial charge in [-0.2, -0.15) is 0 Å². The Balaban J connectivity index is 2.17. The van der Waals surface area contributed by atoms with Crippen LogP contribution in [0, 0.1) is 0 Å². The van der Waals surface area contributed by atoms with Gasteiger partial charge in [0.1, 0.15) is 5.76 Å². The molecule has 0 aliphatic heterocycles. The van der Waals surface area contributed by atoms with Crippen molar-refractivity contribution in [1.82, 2.24) is 5.32 Å². The van der Waals surface area contributed by atoms with E-state index >= 15 is 0 Å². The van der Waals surface area contributed by atoms with Gasteiger partial charge in [0.2, 0.25) is 0 Å². The molecular weight excluding hydrogens is 282 g/mol. The Labute approximate surface area is 109 Å². The molecular formula is C13H14BrNO2. The van der Waals surface area contributed by atoms with Crippen molar-refractivity contribution < 1.29 is 9.15 Å². The normalized spacial score (nSPS) is 10.7. The van der Waals surface area contributed by atoms with Gasteiger partial charge in [-0.05, 0) is 12.1 Å². The van der Waals surface area contributed by atoms with Crippen LogP contribution in [0.3, 0.4) is 0 Å². The van der Waals surface area contributed by atoms with E-state index < -0.39 is 0 Å². The molecule has 1 aromatic heterocycles. The molecule has 3 nitrogen and oxygen atoms in total. The predicted molar refractivity (Wildman–Crippen MR) is 72.5 cm³/mol. The Bertz CT molecular complexity index is 533.